The van der Waals surface area contributed by atoms with E-state index in [2.05, 4.69) is 34.4 Å². The minimum Gasteiger partial charge on any atom is -0.393 e. The third kappa shape index (κ3) is 2.33. The lowest BCUT2D eigenvalue weighted by Crippen LogP contribution is -2.16. The molecule has 0 aromatic carbocycles. The van der Waals surface area contributed by atoms with Crippen LogP contribution in [0.3, 0.4) is 0 Å². The normalized spacial score (nSPS) is 13.5. The van der Waals surface area contributed by atoms with Gasteiger partial charge in [0, 0.05) is 12.6 Å². The van der Waals surface area contributed by atoms with Crippen molar-refractivity contribution in [3.8, 4) is 0 Å². The fourth-order valence-corrected chi connectivity index (χ4v) is 1.73. The number of rotatable bonds is 4. The van der Waals surface area contributed by atoms with Gasteiger partial charge in [0.1, 0.15) is 0 Å². The fourth-order valence-electron chi connectivity index (χ4n) is 1.73. The average molecular weight is 221 g/mol. The van der Waals surface area contributed by atoms with Crippen LogP contribution in [-0.4, -0.2) is 36.2 Å². The fraction of sp³-hybridized carbons (Fsp3) is 0.600. The van der Waals surface area contributed by atoms with E-state index < -0.39 is 0 Å². The Morgan fingerprint density at radius 3 is 2.94 bits per heavy atom. The molecule has 16 heavy (non-hydrogen) atoms. The first-order chi connectivity index (χ1) is 7.66. The van der Waals surface area contributed by atoms with Crippen LogP contribution in [0.25, 0.3) is 5.65 Å². The highest BCUT2D eigenvalue weighted by Crippen LogP contribution is 2.10. The Hall–Kier alpha value is -1.56. The molecule has 0 bridgehead atoms. The van der Waals surface area contributed by atoms with Crippen molar-refractivity contribution in [1.82, 2.24) is 25.0 Å². The minimum absolute atomic E-state index is 0.378. The monoisotopic (exact) mass is 221 g/mol. The molecule has 0 aliphatic carbocycles. The molecule has 86 valence electrons. The van der Waals surface area contributed by atoms with Crippen molar-refractivity contribution in [2.45, 2.75) is 32.8 Å². The van der Waals surface area contributed by atoms with Crippen molar-refractivity contribution in [2.75, 3.05) is 0 Å². The molecule has 0 amide bonds. The summed E-state index contributed by atoms with van der Waals surface area (Å²) in [5.41, 5.74) is 1.44. The summed E-state index contributed by atoms with van der Waals surface area (Å²) in [6, 6.07) is 0. The molecule has 0 aliphatic heterocycles. The Balaban J connectivity index is 2.17. The third-order valence-corrected chi connectivity index (χ3v) is 2.37. The van der Waals surface area contributed by atoms with Gasteiger partial charge in [-0.05, 0) is 22.8 Å². The zero-order valence-electron chi connectivity index (χ0n) is 9.41. The Bertz CT molecular complexity index is 467. The minimum atomic E-state index is -0.378. The van der Waals surface area contributed by atoms with Crippen LogP contribution in [0.5, 0.6) is 0 Å². The summed E-state index contributed by atoms with van der Waals surface area (Å²) in [7, 11) is 0. The summed E-state index contributed by atoms with van der Waals surface area (Å²) in [4.78, 5) is 4.04. The number of nitrogens with zero attached hydrogens (tertiary/aromatic N) is 5. The second-order valence-corrected chi connectivity index (χ2v) is 4.33. The Labute approximate surface area is 93.3 Å². The number of tetrazole rings is 1. The van der Waals surface area contributed by atoms with E-state index in [1.165, 1.54) is 0 Å². The number of aliphatic hydroxyl groups is 1. The van der Waals surface area contributed by atoms with Crippen LogP contribution in [0.4, 0.5) is 0 Å². The van der Waals surface area contributed by atoms with Crippen LogP contribution in [0, 0.1) is 5.92 Å². The first-order valence-corrected chi connectivity index (χ1v) is 5.36. The molecule has 6 nitrogen and oxygen atoms in total. The smallest absolute Gasteiger partial charge is 0.197 e. The summed E-state index contributed by atoms with van der Waals surface area (Å²) in [6.07, 6.45) is 4.19. The van der Waals surface area contributed by atoms with E-state index in [4.69, 9.17) is 0 Å². The van der Waals surface area contributed by atoms with Gasteiger partial charge in [0.2, 0.25) is 0 Å². The molecular weight excluding hydrogens is 206 g/mol. The van der Waals surface area contributed by atoms with Gasteiger partial charge >= 0.3 is 0 Å². The molecule has 0 fully saturated rings. The van der Waals surface area contributed by atoms with Crippen molar-refractivity contribution in [2.24, 2.45) is 5.92 Å². The maximum Gasteiger partial charge on any atom is 0.197 e. The molecule has 2 rings (SSSR count). The second kappa shape index (κ2) is 4.52. The summed E-state index contributed by atoms with van der Waals surface area (Å²) < 4.78 is 1.61. The van der Waals surface area contributed by atoms with E-state index in [-0.39, 0.29) is 6.10 Å². The number of hydrogen-bond acceptors (Lipinski definition) is 5. The van der Waals surface area contributed by atoms with Gasteiger partial charge in [-0.2, -0.15) is 4.52 Å². The molecule has 0 saturated heterocycles. The van der Waals surface area contributed by atoms with E-state index in [1.807, 2.05) is 0 Å². The van der Waals surface area contributed by atoms with E-state index in [0.717, 1.165) is 12.1 Å². The molecular formula is C10H15N5O. The summed E-state index contributed by atoms with van der Waals surface area (Å²) >= 11 is 0. The van der Waals surface area contributed by atoms with Crippen molar-refractivity contribution >= 4 is 5.65 Å². The van der Waals surface area contributed by atoms with Crippen LogP contribution < -0.4 is 0 Å². The van der Waals surface area contributed by atoms with Crippen molar-refractivity contribution in [3.63, 3.8) is 0 Å². The topological polar surface area (TPSA) is 76.2 Å². The zero-order valence-corrected chi connectivity index (χ0v) is 9.41. The average Bonchev–Trinajstić information content (AvgIpc) is 2.65. The SMILES string of the molecule is CC(C)CC(O)Cc1cncc2nnnn12. The largest absolute Gasteiger partial charge is 0.393 e. The second-order valence-electron chi connectivity index (χ2n) is 4.33. The molecule has 2 aromatic heterocycles. The molecule has 1 unspecified atom stereocenters. The highest BCUT2D eigenvalue weighted by molar-refractivity contribution is 5.32. The highest BCUT2D eigenvalue weighted by atomic mass is 16.3. The van der Waals surface area contributed by atoms with Gasteiger partial charge in [-0.25, -0.2) is 0 Å². The highest BCUT2D eigenvalue weighted by Gasteiger charge is 2.11. The summed E-state index contributed by atoms with van der Waals surface area (Å²) in [5.74, 6) is 0.469. The molecule has 0 saturated carbocycles. The first-order valence-electron chi connectivity index (χ1n) is 5.36. The van der Waals surface area contributed by atoms with E-state index in [0.29, 0.717) is 18.0 Å². The maximum atomic E-state index is 9.86. The van der Waals surface area contributed by atoms with Gasteiger partial charge in [0.05, 0.1) is 18.0 Å². The standard InChI is InChI=1S/C10H15N5O/c1-7(2)3-9(16)4-8-5-11-6-10-12-13-14-15(8)10/h5-7,9,16H,3-4H2,1-2H3. The molecule has 1 N–H and O–H groups in total. The van der Waals surface area contributed by atoms with Crippen LogP contribution in [-0.2, 0) is 6.42 Å². The van der Waals surface area contributed by atoms with Gasteiger partial charge in [0.25, 0.3) is 0 Å². The van der Waals surface area contributed by atoms with Gasteiger partial charge in [-0.15, -0.1) is 5.10 Å². The lowest BCUT2D eigenvalue weighted by Gasteiger charge is -2.12. The number of aromatic nitrogens is 5. The van der Waals surface area contributed by atoms with E-state index in [1.54, 1.807) is 16.9 Å². The first kappa shape index (κ1) is 10.9. The molecule has 1 atom stereocenters. The molecule has 2 heterocycles. The van der Waals surface area contributed by atoms with E-state index >= 15 is 0 Å². The number of fused-ring (bicyclic) bond motifs is 1. The molecule has 0 spiro atoms. The lowest BCUT2D eigenvalue weighted by molar-refractivity contribution is 0.147. The lowest BCUT2D eigenvalue weighted by atomic mass is 10.0. The molecule has 6 heteroatoms. The van der Waals surface area contributed by atoms with Crippen LogP contribution in [0.1, 0.15) is 26.0 Å². The van der Waals surface area contributed by atoms with Gasteiger partial charge < -0.3 is 5.11 Å². The van der Waals surface area contributed by atoms with Crippen molar-refractivity contribution in [1.29, 1.82) is 0 Å². The van der Waals surface area contributed by atoms with Crippen LogP contribution in [0.15, 0.2) is 12.4 Å². The third-order valence-electron chi connectivity index (χ3n) is 2.37. The van der Waals surface area contributed by atoms with Crippen molar-refractivity contribution in [3.05, 3.63) is 18.1 Å². The maximum absolute atomic E-state index is 9.86. The van der Waals surface area contributed by atoms with Gasteiger partial charge in [-0.3, -0.25) is 4.98 Å². The quantitative estimate of drug-likeness (QED) is 0.812. The molecule has 2 aromatic rings. The molecule has 0 radical (unpaired) electrons. The number of aliphatic hydroxyl groups excluding tert-OH is 1. The predicted molar refractivity (Wildman–Crippen MR) is 57.7 cm³/mol. The molecule has 0 aliphatic rings. The Morgan fingerprint density at radius 1 is 1.38 bits per heavy atom. The van der Waals surface area contributed by atoms with E-state index in [9.17, 15) is 5.11 Å². The van der Waals surface area contributed by atoms with Crippen LogP contribution in [0.2, 0.25) is 0 Å². The Morgan fingerprint density at radius 2 is 2.19 bits per heavy atom. The predicted octanol–water partition coefficient (Wildman–Crippen LogP) is 0.469. The van der Waals surface area contributed by atoms with Crippen molar-refractivity contribution < 1.29 is 5.11 Å². The number of hydrogen-bond donors (Lipinski definition) is 1. The van der Waals surface area contributed by atoms with Crippen LogP contribution >= 0.6 is 0 Å². The summed E-state index contributed by atoms with van der Waals surface area (Å²) in [5, 5.41) is 21.1. The Kier molecular flexibility index (Phi) is 3.09. The zero-order chi connectivity index (χ0) is 11.5. The summed E-state index contributed by atoms with van der Waals surface area (Å²) in [6.45, 7) is 4.16. The van der Waals surface area contributed by atoms with Gasteiger partial charge in [-0.1, -0.05) is 13.8 Å². The van der Waals surface area contributed by atoms with Gasteiger partial charge in [0.15, 0.2) is 5.65 Å².